The predicted octanol–water partition coefficient (Wildman–Crippen LogP) is 1.21. The second-order valence-corrected chi connectivity index (χ2v) is 2.71. The highest BCUT2D eigenvalue weighted by molar-refractivity contribution is 6.34. The van der Waals surface area contributed by atoms with Crippen LogP contribution >= 0.6 is 11.6 Å². The van der Waals surface area contributed by atoms with Crippen LogP contribution in [0.4, 0.5) is 0 Å². The van der Waals surface area contributed by atoms with E-state index in [-0.39, 0.29) is 0 Å². The molecule has 0 saturated heterocycles. The molecule has 0 fully saturated rings. The molecule has 1 amide bonds. The Balaban J connectivity index is 2.94. The topological polar surface area (TPSA) is 54.4 Å². The van der Waals surface area contributed by atoms with Crippen LogP contribution in [0, 0.1) is 0 Å². The maximum Gasteiger partial charge on any atom is 0.227 e. The molecule has 13 heavy (non-hydrogen) atoms. The number of rotatable bonds is 3. The van der Waals surface area contributed by atoms with Gasteiger partial charge < -0.3 is 0 Å². The highest BCUT2D eigenvalue weighted by Crippen LogP contribution is 2.13. The molecule has 4 nitrogen and oxygen atoms in total. The Morgan fingerprint density at radius 1 is 1.77 bits per heavy atom. The van der Waals surface area contributed by atoms with E-state index in [1.54, 1.807) is 19.2 Å². The molecular weight excluding hydrogens is 190 g/mol. The first-order valence-corrected chi connectivity index (χ1v) is 3.97. The fraction of sp³-hybridized carbons (Fsp3) is 0.125. The van der Waals surface area contributed by atoms with E-state index in [0.717, 1.165) is 5.56 Å². The second kappa shape index (κ2) is 4.57. The summed E-state index contributed by atoms with van der Waals surface area (Å²) in [6, 6.07) is 1.73. The number of hydrogen-bond donors (Lipinski definition) is 1. The van der Waals surface area contributed by atoms with E-state index < -0.39 is 0 Å². The van der Waals surface area contributed by atoms with Crippen LogP contribution in [0.15, 0.2) is 23.6 Å². The molecule has 0 unspecified atom stereocenters. The summed E-state index contributed by atoms with van der Waals surface area (Å²) >= 11 is 5.84. The maximum absolute atomic E-state index is 9.96. The van der Waals surface area contributed by atoms with E-state index in [1.807, 2.05) is 0 Å². The van der Waals surface area contributed by atoms with Crippen LogP contribution in [0.1, 0.15) is 12.5 Å². The zero-order chi connectivity index (χ0) is 9.68. The summed E-state index contributed by atoms with van der Waals surface area (Å²) in [5, 5.41) is 4.27. The van der Waals surface area contributed by atoms with Crippen LogP contribution in [0.25, 0.3) is 0 Å². The van der Waals surface area contributed by atoms with Gasteiger partial charge in [-0.1, -0.05) is 11.6 Å². The third-order valence-electron chi connectivity index (χ3n) is 1.45. The molecule has 1 N–H and O–H groups in total. The first-order chi connectivity index (χ1) is 6.25. The van der Waals surface area contributed by atoms with E-state index in [0.29, 0.717) is 17.1 Å². The lowest BCUT2D eigenvalue weighted by atomic mass is 10.2. The van der Waals surface area contributed by atoms with Gasteiger partial charge in [0.05, 0.1) is 10.7 Å². The Bertz CT molecular complexity index is 338. The van der Waals surface area contributed by atoms with Gasteiger partial charge in [0, 0.05) is 18.0 Å². The van der Waals surface area contributed by atoms with Crippen LogP contribution in [0.2, 0.25) is 5.02 Å². The number of nitrogens with zero attached hydrogens (tertiary/aromatic N) is 2. The summed E-state index contributed by atoms with van der Waals surface area (Å²) in [7, 11) is 0. The van der Waals surface area contributed by atoms with Crippen molar-refractivity contribution in [2.75, 3.05) is 0 Å². The minimum Gasteiger partial charge on any atom is -0.277 e. The van der Waals surface area contributed by atoms with Gasteiger partial charge in [0.25, 0.3) is 0 Å². The molecule has 0 aliphatic carbocycles. The molecule has 5 heteroatoms. The molecule has 0 spiro atoms. The lowest BCUT2D eigenvalue weighted by Crippen LogP contribution is -2.06. The Hall–Kier alpha value is -1.42. The Labute approximate surface area is 80.6 Å². The Kier molecular flexibility index (Phi) is 3.40. The first-order valence-electron chi connectivity index (χ1n) is 3.59. The van der Waals surface area contributed by atoms with Crippen molar-refractivity contribution in [1.82, 2.24) is 10.4 Å². The smallest absolute Gasteiger partial charge is 0.227 e. The van der Waals surface area contributed by atoms with E-state index >= 15 is 0 Å². The highest BCUT2D eigenvalue weighted by atomic mass is 35.5. The average Bonchev–Trinajstić information content (AvgIpc) is 2.15. The van der Waals surface area contributed by atoms with Gasteiger partial charge in [0.1, 0.15) is 0 Å². The molecule has 0 aromatic carbocycles. The summed E-state index contributed by atoms with van der Waals surface area (Å²) in [5.74, 6) is 0. The number of aromatic nitrogens is 1. The van der Waals surface area contributed by atoms with Gasteiger partial charge in [-0.05, 0) is 13.0 Å². The lowest BCUT2D eigenvalue weighted by molar-refractivity contribution is -0.109. The third kappa shape index (κ3) is 2.52. The minimum absolute atomic E-state index is 0.499. The van der Waals surface area contributed by atoms with E-state index in [4.69, 9.17) is 11.6 Å². The summed E-state index contributed by atoms with van der Waals surface area (Å²) in [6.45, 7) is 1.75. The van der Waals surface area contributed by atoms with Crippen molar-refractivity contribution in [3.8, 4) is 0 Å². The molecular formula is C8H8ClN3O. The van der Waals surface area contributed by atoms with Gasteiger partial charge in [-0.15, -0.1) is 0 Å². The minimum atomic E-state index is 0.499. The quantitative estimate of drug-likeness (QED) is 0.450. The van der Waals surface area contributed by atoms with Crippen LogP contribution in [-0.2, 0) is 4.79 Å². The molecule has 1 rings (SSSR count). The Morgan fingerprint density at radius 3 is 3.15 bits per heavy atom. The van der Waals surface area contributed by atoms with E-state index in [1.165, 1.54) is 6.20 Å². The molecule has 1 heterocycles. The van der Waals surface area contributed by atoms with Crippen molar-refractivity contribution in [2.24, 2.45) is 5.10 Å². The zero-order valence-electron chi connectivity index (χ0n) is 6.99. The fourth-order valence-corrected chi connectivity index (χ4v) is 1.11. The molecule has 0 aliphatic heterocycles. The third-order valence-corrected chi connectivity index (χ3v) is 1.75. The van der Waals surface area contributed by atoms with Crippen molar-refractivity contribution in [3.05, 3.63) is 29.0 Å². The van der Waals surface area contributed by atoms with Crippen LogP contribution in [0.5, 0.6) is 0 Å². The van der Waals surface area contributed by atoms with Gasteiger partial charge in [0.2, 0.25) is 6.41 Å². The number of hydrogen-bond acceptors (Lipinski definition) is 3. The van der Waals surface area contributed by atoms with Gasteiger partial charge in [-0.3, -0.25) is 9.78 Å². The summed E-state index contributed by atoms with van der Waals surface area (Å²) in [6.07, 6.45) is 3.64. The number of halogens is 1. The number of carbonyl (C=O) groups is 1. The van der Waals surface area contributed by atoms with Gasteiger partial charge in [-0.2, -0.15) is 5.10 Å². The van der Waals surface area contributed by atoms with Gasteiger partial charge >= 0.3 is 0 Å². The molecule has 0 aliphatic rings. The van der Waals surface area contributed by atoms with Crippen molar-refractivity contribution >= 4 is 23.7 Å². The van der Waals surface area contributed by atoms with E-state index in [9.17, 15) is 4.79 Å². The fourth-order valence-electron chi connectivity index (χ4n) is 0.852. The SMILES string of the molecule is CC(=NNC=O)c1ccncc1Cl. The molecule has 0 radical (unpaired) electrons. The summed E-state index contributed by atoms with van der Waals surface area (Å²) < 4.78 is 0. The molecule has 1 aromatic rings. The van der Waals surface area contributed by atoms with Crippen LogP contribution in [-0.4, -0.2) is 17.1 Å². The van der Waals surface area contributed by atoms with Crippen molar-refractivity contribution in [1.29, 1.82) is 0 Å². The molecule has 0 saturated carbocycles. The average molecular weight is 198 g/mol. The second-order valence-electron chi connectivity index (χ2n) is 2.30. The monoisotopic (exact) mass is 197 g/mol. The summed E-state index contributed by atoms with van der Waals surface area (Å²) in [5.41, 5.74) is 3.60. The molecule has 68 valence electrons. The lowest BCUT2D eigenvalue weighted by Gasteiger charge is -2.00. The number of amides is 1. The van der Waals surface area contributed by atoms with Crippen LogP contribution in [0.3, 0.4) is 0 Å². The highest BCUT2D eigenvalue weighted by Gasteiger charge is 2.01. The first kappa shape index (κ1) is 9.67. The largest absolute Gasteiger partial charge is 0.277 e. The Morgan fingerprint density at radius 2 is 2.54 bits per heavy atom. The number of carbonyl (C=O) groups excluding carboxylic acids is 1. The molecule has 1 aromatic heterocycles. The maximum atomic E-state index is 9.96. The molecule has 0 bridgehead atoms. The van der Waals surface area contributed by atoms with Crippen molar-refractivity contribution in [2.45, 2.75) is 6.92 Å². The standard InChI is InChI=1S/C8H8ClN3O/c1-6(12-11-5-13)7-2-3-10-4-8(7)9/h2-5H,1H3,(H,11,13). The number of nitrogens with one attached hydrogen (secondary N) is 1. The van der Waals surface area contributed by atoms with E-state index in [2.05, 4.69) is 15.5 Å². The van der Waals surface area contributed by atoms with Gasteiger partial charge in [0.15, 0.2) is 0 Å². The predicted molar refractivity (Wildman–Crippen MR) is 50.7 cm³/mol. The van der Waals surface area contributed by atoms with Crippen LogP contribution < -0.4 is 5.43 Å². The van der Waals surface area contributed by atoms with Crippen molar-refractivity contribution < 1.29 is 4.79 Å². The van der Waals surface area contributed by atoms with Gasteiger partial charge in [-0.25, -0.2) is 5.43 Å². The summed E-state index contributed by atoms with van der Waals surface area (Å²) in [4.78, 5) is 13.8. The molecule has 0 atom stereocenters. The number of hydrazone groups is 1. The normalized spacial score (nSPS) is 11.1. The number of pyridine rings is 1. The van der Waals surface area contributed by atoms with Crippen molar-refractivity contribution in [3.63, 3.8) is 0 Å². The zero-order valence-corrected chi connectivity index (χ0v) is 7.75.